The largest absolute Gasteiger partial charge is 0.381 e. The van der Waals surface area contributed by atoms with E-state index in [0.29, 0.717) is 5.92 Å². The molecule has 0 aromatic heterocycles. The number of nitrogens with two attached hydrogens (primary N) is 1. The first-order chi connectivity index (χ1) is 6.65. The minimum atomic E-state index is -0.374. The van der Waals surface area contributed by atoms with Crippen molar-refractivity contribution in [3.05, 3.63) is 0 Å². The Kier molecular flexibility index (Phi) is 4.35. The van der Waals surface area contributed by atoms with Gasteiger partial charge in [0.2, 0.25) is 5.91 Å². The van der Waals surface area contributed by atoms with E-state index in [4.69, 9.17) is 10.5 Å². The maximum atomic E-state index is 11.5. The molecular weight excluding hydrogens is 180 g/mol. The average molecular weight is 200 g/mol. The number of carbonyl (C=O) groups is 1. The van der Waals surface area contributed by atoms with Crippen LogP contribution in [0.3, 0.4) is 0 Å². The second-order valence-corrected chi connectivity index (χ2v) is 3.89. The summed E-state index contributed by atoms with van der Waals surface area (Å²) in [6.07, 6.45) is 1.04. The molecule has 14 heavy (non-hydrogen) atoms. The first-order valence-electron chi connectivity index (χ1n) is 5.27. The van der Waals surface area contributed by atoms with Gasteiger partial charge >= 0.3 is 0 Å². The molecule has 82 valence electrons. The Bertz CT molecular complexity index is 195. The van der Waals surface area contributed by atoms with Crippen LogP contribution in [-0.2, 0) is 9.53 Å². The number of nitrogens with zero attached hydrogens (tertiary/aromatic N) is 1. The lowest BCUT2D eigenvalue weighted by Crippen LogP contribution is -2.40. The average Bonchev–Trinajstić information content (AvgIpc) is 2.61. The van der Waals surface area contributed by atoms with Gasteiger partial charge < -0.3 is 15.4 Å². The summed E-state index contributed by atoms with van der Waals surface area (Å²) in [5.41, 5.74) is 5.54. The number of amides is 1. The van der Waals surface area contributed by atoms with Gasteiger partial charge in [0.1, 0.15) is 0 Å². The number of rotatable bonds is 4. The maximum Gasteiger partial charge on any atom is 0.239 e. The highest BCUT2D eigenvalue weighted by molar-refractivity contribution is 5.81. The predicted molar refractivity (Wildman–Crippen MR) is 54.8 cm³/mol. The lowest BCUT2D eigenvalue weighted by Gasteiger charge is -2.18. The van der Waals surface area contributed by atoms with Crippen molar-refractivity contribution in [2.45, 2.75) is 26.3 Å². The summed E-state index contributed by atoms with van der Waals surface area (Å²) in [5, 5.41) is 0. The van der Waals surface area contributed by atoms with Gasteiger partial charge in [-0.1, -0.05) is 0 Å². The van der Waals surface area contributed by atoms with Crippen LogP contribution in [0.25, 0.3) is 0 Å². The minimum Gasteiger partial charge on any atom is -0.381 e. The highest BCUT2D eigenvalue weighted by atomic mass is 16.5. The van der Waals surface area contributed by atoms with Gasteiger partial charge in [-0.05, 0) is 20.3 Å². The molecular formula is C10H20N2O2. The molecule has 1 heterocycles. The van der Waals surface area contributed by atoms with Crippen LogP contribution in [0, 0.1) is 5.92 Å². The summed E-state index contributed by atoms with van der Waals surface area (Å²) in [7, 11) is 0. The van der Waals surface area contributed by atoms with Crippen LogP contribution in [0.4, 0.5) is 0 Å². The van der Waals surface area contributed by atoms with Crippen LogP contribution < -0.4 is 5.73 Å². The number of hydrogen-bond acceptors (Lipinski definition) is 3. The third-order valence-electron chi connectivity index (χ3n) is 2.54. The molecule has 4 nitrogen and oxygen atoms in total. The highest BCUT2D eigenvalue weighted by Gasteiger charge is 2.27. The molecule has 1 amide bonds. The fourth-order valence-corrected chi connectivity index (χ4v) is 1.74. The summed E-state index contributed by atoms with van der Waals surface area (Å²) >= 11 is 0. The Morgan fingerprint density at radius 3 is 3.00 bits per heavy atom. The monoisotopic (exact) mass is 200 g/mol. The summed E-state index contributed by atoms with van der Waals surface area (Å²) in [5.74, 6) is 0.557. The zero-order chi connectivity index (χ0) is 10.6. The van der Waals surface area contributed by atoms with Crippen LogP contribution in [0.15, 0.2) is 0 Å². The predicted octanol–water partition coefficient (Wildman–Crippen LogP) is 0.219. The van der Waals surface area contributed by atoms with Gasteiger partial charge in [-0.15, -0.1) is 0 Å². The number of hydrogen-bond donors (Lipinski definition) is 1. The van der Waals surface area contributed by atoms with Gasteiger partial charge in [-0.25, -0.2) is 0 Å². The topological polar surface area (TPSA) is 55.6 Å². The first-order valence-corrected chi connectivity index (χ1v) is 5.27. The third kappa shape index (κ3) is 2.96. The number of carbonyl (C=O) groups excluding carboxylic acids is 1. The van der Waals surface area contributed by atoms with Gasteiger partial charge in [0, 0.05) is 25.6 Å². The smallest absolute Gasteiger partial charge is 0.239 e. The molecule has 0 bridgehead atoms. The maximum absolute atomic E-state index is 11.5. The molecule has 1 aliphatic heterocycles. The first kappa shape index (κ1) is 11.5. The van der Waals surface area contributed by atoms with Crippen LogP contribution in [-0.4, -0.2) is 43.2 Å². The number of ether oxygens (including phenoxy) is 1. The summed E-state index contributed by atoms with van der Waals surface area (Å²) in [4.78, 5) is 13.4. The standard InChI is InChI=1S/C10H20N2O2/c1-3-14-7-9-4-5-12(6-9)10(13)8(2)11/h8-9H,3-7,11H2,1-2H3/t8-,9?/m0/s1. The lowest BCUT2D eigenvalue weighted by atomic mass is 10.1. The van der Waals surface area contributed by atoms with E-state index in [1.807, 2.05) is 11.8 Å². The van der Waals surface area contributed by atoms with E-state index in [0.717, 1.165) is 32.7 Å². The van der Waals surface area contributed by atoms with E-state index in [-0.39, 0.29) is 11.9 Å². The molecule has 0 aliphatic carbocycles. The van der Waals surface area contributed by atoms with Gasteiger partial charge in [-0.3, -0.25) is 4.79 Å². The van der Waals surface area contributed by atoms with E-state index in [2.05, 4.69) is 0 Å². The molecule has 1 fully saturated rings. The molecule has 0 radical (unpaired) electrons. The molecule has 0 saturated carbocycles. The molecule has 2 atom stereocenters. The van der Waals surface area contributed by atoms with Crippen molar-refractivity contribution in [3.8, 4) is 0 Å². The fourth-order valence-electron chi connectivity index (χ4n) is 1.74. The Hall–Kier alpha value is -0.610. The second kappa shape index (κ2) is 5.32. The van der Waals surface area contributed by atoms with Crippen LogP contribution in [0.2, 0.25) is 0 Å². The summed E-state index contributed by atoms with van der Waals surface area (Å²) in [6.45, 7) is 6.87. The van der Waals surface area contributed by atoms with Crippen molar-refractivity contribution in [2.24, 2.45) is 11.7 Å². The van der Waals surface area contributed by atoms with E-state index >= 15 is 0 Å². The van der Waals surface area contributed by atoms with Crippen molar-refractivity contribution in [1.29, 1.82) is 0 Å². The molecule has 1 aliphatic rings. The summed E-state index contributed by atoms with van der Waals surface area (Å²) < 4.78 is 5.34. The van der Waals surface area contributed by atoms with E-state index in [1.165, 1.54) is 0 Å². The summed E-state index contributed by atoms with van der Waals surface area (Å²) in [6, 6.07) is -0.374. The quantitative estimate of drug-likeness (QED) is 0.706. The van der Waals surface area contributed by atoms with Crippen molar-refractivity contribution >= 4 is 5.91 Å². The van der Waals surface area contributed by atoms with E-state index in [9.17, 15) is 4.79 Å². The highest BCUT2D eigenvalue weighted by Crippen LogP contribution is 2.16. The van der Waals surface area contributed by atoms with Crippen molar-refractivity contribution < 1.29 is 9.53 Å². The van der Waals surface area contributed by atoms with Gasteiger partial charge in [0.25, 0.3) is 0 Å². The van der Waals surface area contributed by atoms with E-state index < -0.39 is 0 Å². The van der Waals surface area contributed by atoms with E-state index in [1.54, 1.807) is 6.92 Å². The van der Waals surface area contributed by atoms with Crippen LogP contribution >= 0.6 is 0 Å². The molecule has 0 aromatic carbocycles. The molecule has 2 N–H and O–H groups in total. The molecule has 0 spiro atoms. The van der Waals surface area contributed by atoms with Crippen LogP contribution in [0.5, 0.6) is 0 Å². The fraction of sp³-hybridized carbons (Fsp3) is 0.900. The van der Waals surface area contributed by atoms with Gasteiger partial charge in [0.05, 0.1) is 12.6 Å². The van der Waals surface area contributed by atoms with Crippen molar-refractivity contribution in [2.75, 3.05) is 26.3 Å². The Labute approximate surface area is 85.4 Å². The second-order valence-electron chi connectivity index (χ2n) is 3.89. The molecule has 1 rings (SSSR count). The molecule has 1 unspecified atom stereocenters. The molecule has 1 saturated heterocycles. The zero-order valence-corrected chi connectivity index (χ0v) is 9.03. The Morgan fingerprint density at radius 1 is 1.71 bits per heavy atom. The molecule has 0 aromatic rings. The minimum absolute atomic E-state index is 0.0593. The third-order valence-corrected chi connectivity index (χ3v) is 2.54. The van der Waals surface area contributed by atoms with Gasteiger partial charge in [0.15, 0.2) is 0 Å². The Balaban J connectivity index is 2.30. The lowest BCUT2D eigenvalue weighted by molar-refractivity contribution is -0.131. The molecule has 4 heteroatoms. The van der Waals surface area contributed by atoms with Crippen molar-refractivity contribution in [1.82, 2.24) is 4.90 Å². The SMILES string of the molecule is CCOCC1CCN(C(=O)[C@H](C)N)C1. The number of likely N-dealkylation sites (tertiary alicyclic amines) is 1. The normalized spacial score (nSPS) is 23.9. The zero-order valence-electron chi connectivity index (χ0n) is 9.03. The Morgan fingerprint density at radius 2 is 2.43 bits per heavy atom. The van der Waals surface area contributed by atoms with Crippen LogP contribution in [0.1, 0.15) is 20.3 Å². The van der Waals surface area contributed by atoms with Gasteiger partial charge in [-0.2, -0.15) is 0 Å². The van der Waals surface area contributed by atoms with Crippen molar-refractivity contribution in [3.63, 3.8) is 0 Å².